The zero-order valence-corrected chi connectivity index (χ0v) is 8.87. The third-order valence-corrected chi connectivity index (χ3v) is 1.76. The van der Waals surface area contributed by atoms with Crippen LogP contribution < -0.4 is 17.2 Å². The highest BCUT2D eigenvalue weighted by atomic mass is 19.4. The van der Waals surface area contributed by atoms with Crippen molar-refractivity contribution in [1.29, 1.82) is 0 Å². The third-order valence-electron chi connectivity index (χ3n) is 1.76. The molecular formula is C9H9F4N5. The van der Waals surface area contributed by atoms with Gasteiger partial charge < -0.3 is 17.2 Å². The predicted molar refractivity (Wildman–Crippen MR) is 58.5 cm³/mol. The second-order valence-corrected chi connectivity index (χ2v) is 3.14. The molecule has 0 aliphatic rings. The van der Waals surface area contributed by atoms with E-state index in [2.05, 4.69) is 9.98 Å². The molecule has 0 saturated carbocycles. The molecule has 9 heteroatoms. The Morgan fingerprint density at radius 2 is 1.72 bits per heavy atom. The van der Waals surface area contributed by atoms with Crippen LogP contribution in [0.3, 0.4) is 0 Å². The second-order valence-electron chi connectivity index (χ2n) is 3.14. The van der Waals surface area contributed by atoms with Gasteiger partial charge in [0.05, 0.1) is 5.56 Å². The van der Waals surface area contributed by atoms with Gasteiger partial charge in [-0.2, -0.15) is 18.2 Å². The maximum Gasteiger partial charge on any atom is 0.418 e. The molecule has 0 atom stereocenters. The molecule has 0 saturated heterocycles. The first-order chi connectivity index (χ1) is 8.21. The number of guanidine groups is 2. The van der Waals surface area contributed by atoms with Gasteiger partial charge >= 0.3 is 6.18 Å². The molecule has 1 aromatic rings. The zero-order valence-electron chi connectivity index (χ0n) is 8.87. The van der Waals surface area contributed by atoms with Crippen molar-refractivity contribution in [1.82, 2.24) is 0 Å². The van der Waals surface area contributed by atoms with Crippen molar-refractivity contribution >= 4 is 17.6 Å². The number of nitrogens with zero attached hydrogens (tertiary/aromatic N) is 2. The third kappa shape index (κ3) is 3.34. The molecule has 1 aromatic carbocycles. The Kier molecular flexibility index (Phi) is 3.74. The fourth-order valence-electron chi connectivity index (χ4n) is 1.13. The normalized spacial score (nSPS) is 12.3. The van der Waals surface area contributed by atoms with Crippen molar-refractivity contribution in [3.63, 3.8) is 0 Å². The summed E-state index contributed by atoms with van der Waals surface area (Å²) >= 11 is 0. The Bertz CT molecular complexity index is 502. The summed E-state index contributed by atoms with van der Waals surface area (Å²) in [5.41, 5.74) is 12.8. The van der Waals surface area contributed by atoms with Gasteiger partial charge in [0.25, 0.3) is 0 Å². The highest BCUT2D eigenvalue weighted by molar-refractivity contribution is 5.93. The van der Waals surface area contributed by atoms with Crippen LogP contribution in [0.25, 0.3) is 0 Å². The number of benzene rings is 1. The first-order valence-corrected chi connectivity index (χ1v) is 4.51. The number of alkyl halides is 3. The van der Waals surface area contributed by atoms with Crippen LogP contribution in [0, 0.1) is 5.82 Å². The van der Waals surface area contributed by atoms with Crippen LogP contribution in [0.1, 0.15) is 5.56 Å². The van der Waals surface area contributed by atoms with Crippen LogP contribution in [-0.2, 0) is 6.18 Å². The molecule has 6 N–H and O–H groups in total. The minimum Gasteiger partial charge on any atom is -0.370 e. The molecule has 0 amide bonds. The number of hydrogen-bond donors (Lipinski definition) is 3. The van der Waals surface area contributed by atoms with Crippen molar-refractivity contribution in [2.24, 2.45) is 27.2 Å². The van der Waals surface area contributed by atoms with Crippen LogP contribution in [-0.4, -0.2) is 11.9 Å². The standard InChI is InChI=1S/C9H9F4N5/c10-5-3-1-2-4(9(11,12)13)6(5)17-8(16)18-7(14)15/h1-3H,(H6,14,15,16,17,18). The minimum atomic E-state index is -4.76. The Balaban J connectivity index is 3.36. The van der Waals surface area contributed by atoms with E-state index in [0.717, 1.165) is 12.1 Å². The predicted octanol–water partition coefficient (Wildman–Crippen LogP) is 1.06. The van der Waals surface area contributed by atoms with Gasteiger partial charge in [0.15, 0.2) is 5.96 Å². The van der Waals surface area contributed by atoms with Gasteiger partial charge in [0.1, 0.15) is 11.5 Å². The number of para-hydroxylation sites is 1. The Morgan fingerprint density at radius 1 is 1.11 bits per heavy atom. The quantitative estimate of drug-likeness (QED) is 0.401. The summed E-state index contributed by atoms with van der Waals surface area (Å²) in [5, 5.41) is 0. The maximum absolute atomic E-state index is 13.3. The smallest absolute Gasteiger partial charge is 0.370 e. The van der Waals surface area contributed by atoms with Gasteiger partial charge in [-0.25, -0.2) is 9.38 Å². The van der Waals surface area contributed by atoms with E-state index in [1.807, 2.05) is 0 Å². The summed E-state index contributed by atoms with van der Waals surface area (Å²) in [5.74, 6) is -2.36. The molecule has 0 unspecified atom stereocenters. The second kappa shape index (κ2) is 4.90. The van der Waals surface area contributed by atoms with E-state index in [1.165, 1.54) is 0 Å². The summed E-state index contributed by atoms with van der Waals surface area (Å²) in [6.45, 7) is 0. The summed E-state index contributed by atoms with van der Waals surface area (Å²) < 4.78 is 51.0. The lowest BCUT2D eigenvalue weighted by Gasteiger charge is -2.10. The maximum atomic E-state index is 13.3. The van der Waals surface area contributed by atoms with Crippen molar-refractivity contribution in [3.8, 4) is 0 Å². The molecule has 0 aromatic heterocycles. The van der Waals surface area contributed by atoms with Gasteiger partial charge in [0, 0.05) is 0 Å². The minimum absolute atomic E-state index is 0.499. The Morgan fingerprint density at radius 3 is 2.22 bits per heavy atom. The van der Waals surface area contributed by atoms with E-state index >= 15 is 0 Å². The summed E-state index contributed by atoms with van der Waals surface area (Å²) in [6, 6.07) is 2.40. The number of rotatable bonds is 1. The number of nitrogens with two attached hydrogens (primary N) is 3. The lowest BCUT2D eigenvalue weighted by Crippen LogP contribution is -2.26. The van der Waals surface area contributed by atoms with Gasteiger partial charge in [-0.3, -0.25) is 0 Å². The van der Waals surface area contributed by atoms with Gasteiger partial charge in [-0.05, 0) is 12.1 Å². The number of halogens is 4. The lowest BCUT2D eigenvalue weighted by molar-refractivity contribution is -0.137. The van der Waals surface area contributed by atoms with Crippen molar-refractivity contribution in [3.05, 3.63) is 29.6 Å². The van der Waals surface area contributed by atoms with E-state index in [-0.39, 0.29) is 0 Å². The molecule has 0 bridgehead atoms. The van der Waals surface area contributed by atoms with E-state index in [9.17, 15) is 17.6 Å². The van der Waals surface area contributed by atoms with Crippen LogP contribution in [0.4, 0.5) is 23.2 Å². The van der Waals surface area contributed by atoms with E-state index in [4.69, 9.17) is 17.2 Å². The molecule has 0 radical (unpaired) electrons. The molecule has 18 heavy (non-hydrogen) atoms. The molecule has 1 rings (SSSR count). The van der Waals surface area contributed by atoms with E-state index < -0.39 is 35.2 Å². The lowest BCUT2D eigenvalue weighted by atomic mass is 10.1. The molecule has 0 spiro atoms. The molecule has 0 heterocycles. The van der Waals surface area contributed by atoms with E-state index in [0.29, 0.717) is 6.07 Å². The summed E-state index contributed by atoms with van der Waals surface area (Å²) in [4.78, 5) is 6.42. The number of aliphatic imine (C=N–C) groups is 2. The Labute approximate surface area is 99.0 Å². The van der Waals surface area contributed by atoms with Crippen molar-refractivity contribution in [2.45, 2.75) is 6.18 Å². The van der Waals surface area contributed by atoms with E-state index in [1.54, 1.807) is 0 Å². The van der Waals surface area contributed by atoms with Crippen molar-refractivity contribution < 1.29 is 17.6 Å². The average molecular weight is 263 g/mol. The largest absolute Gasteiger partial charge is 0.418 e. The monoisotopic (exact) mass is 263 g/mol. The molecule has 98 valence electrons. The van der Waals surface area contributed by atoms with Crippen molar-refractivity contribution in [2.75, 3.05) is 0 Å². The van der Waals surface area contributed by atoms with Gasteiger partial charge in [-0.1, -0.05) is 6.07 Å². The molecule has 0 fully saturated rings. The van der Waals surface area contributed by atoms with Crippen LogP contribution in [0.5, 0.6) is 0 Å². The topological polar surface area (TPSA) is 103 Å². The molecule has 5 nitrogen and oxygen atoms in total. The highest BCUT2D eigenvalue weighted by Gasteiger charge is 2.34. The average Bonchev–Trinajstić information content (AvgIpc) is 2.18. The first kappa shape index (κ1) is 13.7. The Hall–Kier alpha value is -2.32. The first-order valence-electron chi connectivity index (χ1n) is 4.51. The molecular weight excluding hydrogens is 254 g/mol. The number of hydrogen-bond acceptors (Lipinski definition) is 1. The summed E-state index contributed by atoms with van der Waals surface area (Å²) in [7, 11) is 0. The van der Waals surface area contributed by atoms with Crippen LogP contribution in [0.2, 0.25) is 0 Å². The fourth-order valence-corrected chi connectivity index (χ4v) is 1.13. The van der Waals surface area contributed by atoms with Gasteiger partial charge in [-0.15, -0.1) is 0 Å². The van der Waals surface area contributed by atoms with Crippen LogP contribution in [0.15, 0.2) is 28.2 Å². The zero-order chi connectivity index (χ0) is 13.9. The highest BCUT2D eigenvalue weighted by Crippen LogP contribution is 2.37. The SMILES string of the molecule is NC(N)=NC(N)=Nc1c(F)cccc1C(F)(F)F. The summed E-state index contributed by atoms with van der Waals surface area (Å²) in [6.07, 6.45) is -4.76. The fraction of sp³-hybridized carbons (Fsp3) is 0.111. The van der Waals surface area contributed by atoms with Gasteiger partial charge in [0.2, 0.25) is 5.96 Å². The van der Waals surface area contributed by atoms with Crippen LogP contribution >= 0.6 is 0 Å². The molecule has 0 aliphatic carbocycles. The molecule has 0 aliphatic heterocycles.